The fraction of sp³-hybridized carbons (Fsp3) is 0.235. The number of nitrogens with zero attached hydrogens (tertiary/aromatic N) is 1. The Labute approximate surface area is 153 Å². The molecule has 2 aromatic rings. The highest BCUT2D eigenvalue weighted by molar-refractivity contribution is 7.99. The quantitative estimate of drug-likeness (QED) is 0.529. The van der Waals surface area contributed by atoms with Gasteiger partial charge in [0.25, 0.3) is 5.91 Å². The van der Waals surface area contributed by atoms with Crippen molar-refractivity contribution in [2.75, 3.05) is 26.0 Å². The van der Waals surface area contributed by atoms with Gasteiger partial charge in [0.2, 0.25) is 0 Å². The summed E-state index contributed by atoms with van der Waals surface area (Å²) in [6.45, 7) is 0.162. The van der Waals surface area contributed by atoms with Crippen LogP contribution in [0.25, 0.3) is 0 Å². The first-order valence-corrected chi connectivity index (χ1v) is 9.18. The van der Waals surface area contributed by atoms with Crippen molar-refractivity contribution in [3.05, 3.63) is 54.1 Å². The Bertz CT molecular complexity index is 694. The summed E-state index contributed by atoms with van der Waals surface area (Å²) < 4.78 is 34.6. The molecule has 0 radical (unpaired) electrons. The van der Waals surface area contributed by atoms with E-state index < -0.39 is 29.9 Å². The van der Waals surface area contributed by atoms with Gasteiger partial charge in [0.1, 0.15) is 0 Å². The molecule has 2 N–H and O–H groups in total. The molecular weight excluding hydrogens is 366 g/mol. The Morgan fingerprint density at radius 2 is 1.80 bits per heavy atom. The number of hydrogen-bond donors (Lipinski definition) is 1. The van der Waals surface area contributed by atoms with E-state index in [1.807, 2.05) is 37.4 Å². The van der Waals surface area contributed by atoms with Crippen molar-refractivity contribution in [1.29, 1.82) is 0 Å². The topological polar surface area (TPSA) is 55.6 Å². The molecule has 0 aliphatic carbocycles. The highest BCUT2D eigenvalue weighted by Gasteiger charge is 2.14. The van der Waals surface area contributed by atoms with Crippen LogP contribution < -0.4 is 10.5 Å². The molecule has 0 fully saturated rings. The lowest BCUT2D eigenvalue weighted by Gasteiger charge is -2.15. The van der Waals surface area contributed by atoms with Crippen molar-refractivity contribution in [2.45, 2.75) is 9.79 Å². The van der Waals surface area contributed by atoms with Gasteiger partial charge in [0.05, 0.1) is 0 Å². The van der Waals surface area contributed by atoms with Crippen LogP contribution in [-0.4, -0.2) is 36.2 Å². The van der Waals surface area contributed by atoms with Gasteiger partial charge in [-0.05, 0) is 43.3 Å². The predicted molar refractivity (Wildman–Crippen MR) is 96.7 cm³/mol. The number of ether oxygens (including phenoxy) is 1. The number of nitrogens with two attached hydrogens (primary N) is 1. The average Bonchev–Trinajstić information content (AvgIpc) is 2.54. The Kier molecular flexibility index (Phi) is 7.54. The van der Waals surface area contributed by atoms with Gasteiger partial charge in [-0.15, -0.1) is 11.8 Å². The molecule has 2 aromatic carbocycles. The molecular formula is C17H18F2N2O2S2. The Morgan fingerprint density at radius 1 is 1.16 bits per heavy atom. The van der Waals surface area contributed by atoms with E-state index in [1.54, 1.807) is 11.9 Å². The van der Waals surface area contributed by atoms with E-state index in [-0.39, 0.29) is 0 Å². The van der Waals surface area contributed by atoms with Crippen molar-refractivity contribution >= 4 is 29.6 Å². The number of carbonyl (C=O) groups is 1. The Balaban J connectivity index is 1.85. The molecule has 8 heteroatoms. The molecule has 0 saturated carbocycles. The third kappa shape index (κ3) is 6.56. The molecule has 0 bridgehead atoms. The minimum absolute atomic E-state index is 0.458. The van der Waals surface area contributed by atoms with Gasteiger partial charge in [-0.2, -0.15) is 0 Å². The van der Waals surface area contributed by atoms with Crippen LogP contribution in [-0.2, 0) is 4.79 Å². The summed E-state index contributed by atoms with van der Waals surface area (Å²) in [6.07, 6.45) is 0. The second kappa shape index (κ2) is 9.65. The Morgan fingerprint density at radius 3 is 2.40 bits per heavy atom. The van der Waals surface area contributed by atoms with Crippen LogP contribution in [0.3, 0.4) is 0 Å². The normalized spacial score (nSPS) is 10.9. The van der Waals surface area contributed by atoms with Crippen LogP contribution in [0.2, 0.25) is 0 Å². The first-order chi connectivity index (χ1) is 12.0. The molecule has 0 atom stereocenters. The number of hydrogen-bond acceptors (Lipinski definition) is 5. The van der Waals surface area contributed by atoms with E-state index in [2.05, 4.69) is 4.31 Å². The maximum atomic E-state index is 13.9. The van der Waals surface area contributed by atoms with E-state index in [9.17, 15) is 13.6 Å². The third-order valence-electron chi connectivity index (χ3n) is 3.01. The van der Waals surface area contributed by atoms with Crippen molar-refractivity contribution < 1.29 is 18.3 Å². The highest BCUT2D eigenvalue weighted by Crippen LogP contribution is 2.29. The zero-order valence-electron chi connectivity index (χ0n) is 13.6. The summed E-state index contributed by atoms with van der Waals surface area (Å²) >= 11 is 2.94. The monoisotopic (exact) mass is 384 g/mol. The fourth-order valence-electron chi connectivity index (χ4n) is 1.90. The van der Waals surface area contributed by atoms with Crippen LogP contribution >= 0.6 is 23.7 Å². The van der Waals surface area contributed by atoms with Gasteiger partial charge in [0, 0.05) is 22.1 Å². The summed E-state index contributed by atoms with van der Waals surface area (Å²) in [7, 11) is 1.96. The Hall–Kier alpha value is -1.77. The molecule has 0 aliphatic heterocycles. The van der Waals surface area contributed by atoms with Crippen molar-refractivity contribution in [2.24, 2.45) is 5.73 Å². The molecule has 0 heterocycles. The van der Waals surface area contributed by atoms with E-state index >= 15 is 0 Å². The zero-order chi connectivity index (χ0) is 18.2. The number of amides is 1. The summed E-state index contributed by atoms with van der Waals surface area (Å²) in [5.74, 6) is -2.42. The van der Waals surface area contributed by atoms with Crippen LogP contribution in [0.5, 0.6) is 5.75 Å². The van der Waals surface area contributed by atoms with E-state index in [0.717, 1.165) is 11.4 Å². The van der Waals surface area contributed by atoms with Gasteiger partial charge in [-0.3, -0.25) is 4.79 Å². The molecule has 25 heavy (non-hydrogen) atoms. The van der Waals surface area contributed by atoms with Crippen LogP contribution in [0.4, 0.5) is 8.78 Å². The van der Waals surface area contributed by atoms with Crippen molar-refractivity contribution in [1.82, 2.24) is 4.31 Å². The lowest BCUT2D eigenvalue weighted by molar-refractivity contribution is -0.120. The SMILES string of the molecule is CN(CCSc1cc(F)c(OCC(N)=O)c(F)c1)Sc1ccccc1. The first-order valence-electron chi connectivity index (χ1n) is 7.43. The number of rotatable bonds is 9. The standard InChI is InChI=1S/C17H18F2N2O2S2/c1-21(25-12-5-3-2-4-6-12)7-8-24-13-9-14(18)17(15(19)10-13)23-11-16(20)22/h2-6,9-10H,7-8,11H2,1H3,(H2,20,22). The van der Waals surface area contributed by atoms with Crippen LogP contribution in [0, 0.1) is 11.6 Å². The third-order valence-corrected chi connectivity index (χ3v) is 4.94. The number of benzene rings is 2. The molecule has 1 amide bonds. The molecule has 0 saturated heterocycles. The van der Waals surface area contributed by atoms with Gasteiger partial charge < -0.3 is 10.5 Å². The highest BCUT2D eigenvalue weighted by atomic mass is 32.2. The molecule has 2 rings (SSSR count). The maximum Gasteiger partial charge on any atom is 0.255 e. The largest absolute Gasteiger partial charge is 0.478 e. The minimum atomic E-state index is -0.851. The number of primary amides is 1. The number of halogens is 2. The average molecular weight is 384 g/mol. The predicted octanol–water partition coefficient (Wildman–Crippen LogP) is 3.56. The summed E-state index contributed by atoms with van der Waals surface area (Å²) in [6, 6.07) is 12.3. The molecule has 0 aromatic heterocycles. The lowest BCUT2D eigenvalue weighted by atomic mass is 10.3. The van der Waals surface area contributed by atoms with Crippen LogP contribution in [0.1, 0.15) is 0 Å². The first kappa shape index (κ1) is 19.6. The lowest BCUT2D eigenvalue weighted by Crippen LogP contribution is -2.20. The fourth-order valence-corrected chi connectivity index (χ4v) is 3.81. The summed E-state index contributed by atoms with van der Waals surface area (Å²) in [4.78, 5) is 12.2. The molecule has 4 nitrogen and oxygen atoms in total. The van der Waals surface area contributed by atoms with Crippen molar-refractivity contribution in [3.63, 3.8) is 0 Å². The summed E-state index contributed by atoms with van der Waals surface area (Å²) in [5.41, 5.74) is 4.90. The van der Waals surface area contributed by atoms with Gasteiger partial charge >= 0.3 is 0 Å². The smallest absolute Gasteiger partial charge is 0.255 e. The molecule has 0 unspecified atom stereocenters. The zero-order valence-corrected chi connectivity index (χ0v) is 15.2. The van der Waals surface area contributed by atoms with Crippen LogP contribution in [0.15, 0.2) is 52.3 Å². The van der Waals surface area contributed by atoms with E-state index in [4.69, 9.17) is 10.5 Å². The van der Waals surface area contributed by atoms with Gasteiger partial charge in [-0.25, -0.2) is 13.1 Å². The van der Waals surface area contributed by atoms with E-state index in [1.165, 1.54) is 23.9 Å². The second-order valence-electron chi connectivity index (χ2n) is 5.08. The maximum absolute atomic E-state index is 13.9. The molecule has 0 aliphatic rings. The van der Waals surface area contributed by atoms with Gasteiger partial charge in [0.15, 0.2) is 24.0 Å². The molecule has 0 spiro atoms. The molecule has 134 valence electrons. The second-order valence-corrected chi connectivity index (χ2v) is 7.52. The van der Waals surface area contributed by atoms with Gasteiger partial charge in [-0.1, -0.05) is 18.2 Å². The number of carbonyl (C=O) groups excluding carboxylic acids is 1. The van der Waals surface area contributed by atoms with E-state index in [0.29, 0.717) is 10.6 Å². The van der Waals surface area contributed by atoms with Crippen molar-refractivity contribution in [3.8, 4) is 5.75 Å². The summed E-state index contributed by atoms with van der Waals surface area (Å²) in [5, 5.41) is 0. The number of thioether (sulfide) groups is 1. The minimum Gasteiger partial charge on any atom is -0.478 e.